The Labute approximate surface area is 79.8 Å². The minimum absolute atomic E-state index is 0.149. The smallest absolute Gasteiger partial charge is 0.113 e. The Bertz CT molecular complexity index is 246. The van der Waals surface area contributed by atoms with E-state index in [0.717, 1.165) is 0 Å². The van der Waals surface area contributed by atoms with Gasteiger partial charge in [-0.15, -0.1) is 0 Å². The van der Waals surface area contributed by atoms with Gasteiger partial charge in [0.1, 0.15) is 6.23 Å². The van der Waals surface area contributed by atoms with Crippen molar-refractivity contribution in [2.75, 3.05) is 14.1 Å². The van der Waals surface area contributed by atoms with Gasteiger partial charge in [0.25, 0.3) is 0 Å². The quantitative estimate of drug-likeness (QED) is 0.713. The molecule has 0 fully saturated rings. The average Bonchev–Trinajstić information content (AvgIpc) is 2.17. The standard InChI is InChI=1S/C11H17NO/c1-9(11(13)12(2)3)10-7-5-4-6-8-10/h4-9,11,13H,1-3H3/t9-,11?/m0/s1. The highest BCUT2D eigenvalue weighted by atomic mass is 16.3. The third-order valence-electron chi connectivity index (χ3n) is 2.30. The maximum Gasteiger partial charge on any atom is 0.113 e. The van der Waals surface area contributed by atoms with Crippen LogP contribution in [0.15, 0.2) is 30.3 Å². The van der Waals surface area contributed by atoms with Crippen LogP contribution in [-0.2, 0) is 0 Å². The maximum atomic E-state index is 9.77. The molecule has 72 valence electrons. The van der Waals surface area contributed by atoms with Crippen LogP contribution in [0.3, 0.4) is 0 Å². The summed E-state index contributed by atoms with van der Waals surface area (Å²) in [5.41, 5.74) is 1.17. The van der Waals surface area contributed by atoms with Crippen molar-refractivity contribution in [2.45, 2.75) is 19.1 Å². The molecular formula is C11H17NO. The summed E-state index contributed by atoms with van der Waals surface area (Å²) in [6, 6.07) is 10.1. The van der Waals surface area contributed by atoms with E-state index in [0.29, 0.717) is 0 Å². The molecule has 2 nitrogen and oxygen atoms in total. The SMILES string of the molecule is C[C@@H](c1ccccc1)C(O)N(C)C. The molecule has 0 heterocycles. The Morgan fingerprint density at radius 1 is 1.15 bits per heavy atom. The monoisotopic (exact) mass is 179 g/mol. The van der Waals surface area contributed by atoms with Crippen LogP contribution in [0.4, 0.5) is 0 Å². The molecule has 0 aromatic heterocycles. The molecule has 0 saturated carbocycles. The molecule has 0 aliphatic heterocycles. The van der Waals surface area contributed by atoms with Crippen LogP contribution in [-0.4, -0.2) is 30.3 Å². The lowest BCUT2D eigenvalue weighted by Gasteiger charge is -2.25. The van der Waals surface area contributed by atoms with E-state index in [2.05, 4.69) is 0 Å². The lowest BCUT2D eigenvalue weighted by Crippen LogP contribution is -2.32. The minimum Gasteiger partial charge on any atom is -0.378 e. The molecule has 1 N–H and O–H groups in total. The molecule has 0 saturated heterocycles. The molecule has 0 aliphatic carbocycles. The highest BCUT2D eigenvalue weighted by molar-refractivity contribution is 5.19. The van der Waals surface area contributed by atoms with Gasteiger partial charge in [0.15, 0.2) is 0 Å². The van der Waals surface area contributed by atoms with Gasteiger partial charge in [-0.05, 0) is 19.7 Å². The van der Waals surface area contributed by atoms with Gasteiger partial charge in [0.2, 0.25) is 0 Å². The van der Waals surface area contributed by atoms with Crippen molar-refractivity contribution in [1.29, 1.82) is 0 Å². The fourth-order valence-corrected chi connectivity index (χ4v) is 1.38. The number of nitrogens with zero attached hydrogens (tertiary/aromatic N) is 1. The summed E-state index contributed by atoms with van der Waals surface area (Å²) >= 11 is 0. The zero-order valence-electron chi connectivity index (χ0n) is 8.44. The summed E-state index contributed by atoms with van der Waals surface area (Å²) in [6.07, 6.45) is -0.414. The molecule has 1 rings (SSSR count). The molecule has 2 heteroatoms. The van der Waals surface area contributed by atoms with E-state index in [-0.39, 0.29) is 5.92 Å². The molecular weight excluding hydrogens is 162 g/mol. The number of rotatable bonds is 3. The highest BCUT2D eigenvalue weighted by Gasteiger charge is 2.17. The third kappa shape index (κ3) is 2.54. The van der Waals surface area contributed by atoms with Crippen molar-refractivity contribution < 1.29 is 5.11 Å². The first kappa shape index (κ1) is 10.2. The highest BCUT2D eigenvalue weighted by Crippen LogP contribution is 2.19. The van der Waals surface area contributed by atoms with Gasteiger partial charge in [0, 0.05) is 5.92 Å². The first-order chi connectivity index (χ1) is 6.13. The Hall–Kier alpha value is -0.860. The summed E-state index contributed by atoms with van der Waals surface area (Å²) in [6.45, 7) is 2.03. The normalized spacial score (nSPS) is 15.8. The van der Waals surface area contributed by atoms with Crippen molar-refractivity contribution >= 4 is 0 Å². The summed E-state index contributed by atoms with van der Waals surface area (Å²) < 4.78 is 0. The van der Waals surface area contributed by atoms with Crippen LogP contribution < -0.4 is 0 Å². The first-order valence-electron chi connectivity index (χ1n) is 4.52. The zero-order chi connectivity index (χ0) is 9.84. The van der Waals surface area contributed by atoms with Crippen LogP contribution in [0.25, 0.3) is 0 Å². The van der Waals surface area contributed by atoms with Gasteiger partial charge in [-0.3, -0.25) is 4.90 Å². The van der Waals surface area contributed by atoms with Crippen molar-refractivity contribution in [3.63, 3.8) is 0 Å². The van der Waals surface area contributed by atoms with Crippen LogP contribution in [0.2, 0.25) is 0 Å². The molecule has 0 bridgehead atoms. The van der Waals surface area contributed by atoms with Crippen molar-refractivity contribution in [1.82, 2.24) is 4.90 Å². The van der Waals surface area contributed by atoms with Crippen LogP contribution in [0, 0.1) is 0 Å². The molecule has 0 spiro atoms. The summed E-state index contributed by atoms with van der Waals surface area (Å²) in [7, 11) is 3.76. The van der Waals surface area contributed by atoms with Crippen molar-refractivity contribution in [3.05, 3.63) is 35.9 Å². The molecule has 1 aromatic carbocycles. The second-order valence-corrected chi connectivity index (χ2v) is 3.58. The van der Waals surface area contributed by atoms with Gasteiger partial charge in [-0.2, -0.15) is 0 Å². The Kier molecular flexibility index (Phi) is 3.46. The second-order valence-electron chi connectivity index (χ2n) is 3.58. The predicted molar refractivity (Wildman–Crippen MR) is 54.6 cm³/mol. The number of aliphatic hydroxyl groups excluding tert-OH is 1. The molecule has 13 heavy (non-hydrogen) atoms. The van der Waals surface area contributed by atoms with Gasteiger partial charge >= 0.3 is 0 Å². The van der Waals surface area contributed by atoms with Crippen molar-refractivity contribution in [3.8, 4) is 0 Å². The molecule has 2 atom stereocenters. The molecule has 1 aromatic rings. The van der Waals surface area contributed by atoms with E-state index < -0.39 is 6.23 Å². The number of hydrogen-bond donors (Lipinski definition) is 1. The third-order valence-corrected chi connectivity index (χ3v) is 2.30. The van der Waals surface area contributed by atoms with E-state index in [4.69, 9.17) is 0 Å². The van der Waals surface area contributed by atoms with E-state index in [1.165, 1.54) is 5.56 Å². The number of likely N-dealkylation sites (N-methyl/N-ethyl adjacent to an activating group) is 1. The Balaban J connectivity index is 2.73. The predicted octanol–water partition coefficient (Wildman–Crippen LogP) is 1.67. The largest absolute Gasteiger partial charge is 0.378 e. The van der Waals surface area contributed by atoms with Gasteiger partial charge in [-0.1, -0.05) is 37.3 Å². The van der Waals surface area contributed by atoms with E-state index in [1.54, 1.807) is 0 Å². The van der Waals surface area contributed by atoms with Crippen LogP contribution in [0.5, 0.6) is 0 Å². The number of aliphatic hydroxyl groups is 1. The van der Waals surface area contributed by atoms with Crippen LogP contribution in [0.1, 0.15) is 18.4 Å². The Morgan fingerprint density at radius 2 is 1.69 bits per heavy atom. The topological polar surface area (TPSA) is 23.5 Å². The lowest BCUT2D eigenvalue weighted by molar-refractivity contribution is 0.0213. The molecule has 1 unspecified atom stereocenters. The Morgan fingerprint density at radius 3 is 2.15 bits per heavy atom. The van der Waals surface area contributed by atoms with Gasteiger partial charge in [0.05, 0.1) is 0 Å². The number of hydrogen-bond acceptors (Lipinski definition) is 2. The van der Waals surface area contributed by atoms with Crippen LogP contribution >= 0.6 is 0 Å². The summed E-state index contributed by atoms with van der Waals surface area (Å²) in [5, 5.41) is 9.77. The van der Waals surface area contributed by atoms with Gasteiger partial charge < -0.3 is 5.11 Å². The van der Waals surface area contributed by atoms with E-state index in [9.17, 15) is 5.11 Å². The maximum absolute atomic E-state index is 9.77. The van der Waals surface area contributed by atoms with Crippen molar-refractivity contribution in [2.24, 2.45) is 0 Å². The second kappa shape index (κ2) is 4.40. The average molecular weight is 179 g/mol. The molecule has 0 radical (unpaired) electrons. The fraction of sp³-hybridized carbons (Fsp3) is 0.455. The van der Waals surface area contributed by atoms with E-state index in [1.807, 2.05) is 56.3 Å². The van der Waals surface area contributed by atoms with Gasteiger partial charge in [-0.25, -0.2) is 0 Å². The fourth-order valence-electron chi connectivity index (χ4n) is 1.38. The number of benzene rings is 1. The summed E-state index contributed by atoms with van der Waals surface area (Å²) in [5.74, 6) is 0.149. The minimum atomic E-state index is -0.414. The lowest BCUT2D eigenvalue weighted by atomic mass is 9.99. The summed E-state index contributed by atoms with van der Waals surface area (Å²) in [4.78, 5) is 1.82. The molecule has 0 aliphatic rings. The first-order valence-corrected chi connectivity index (χ1v) is 4.52. The van der Waals surface area contributed by atoms with E-state index >= 15 is 0 Å². The molecule has 0 amide bonds. The zero-order valence-corrected chi connectivity index (χ0v) is 8.44.